The molecule has 0 radical (unpaired) electrons. The minimum Gasteiger partial charge on any atom is -0.478 e. The first-order valence-corrected chi connectivity index (χ1v) is 7.60. The molecule has 1 saturated carbocycles. The molecule has 0 spiro atoms. The minimum atomic E-state index is -1.04. The van der Waals surface area contributed by atoms with Gasteiger partial charge in [0.1, 0.15) is 0 Å². The third-order valence-electron chi connectivity index (χ3n) is 3.86. The van der Waals surface area contributed by atoms with E-state index >= 15 is 0 Å². The fourth-order valence-electron chi connectivity index (χ4n) is 2.56. The molecule has 108 valence electrons. The van der Waals surface area contributed by atoms with Crippen molar-refractivity contribution in [2.75, 3.05) is 5.32 Å². The quantitative estimate of drug-likeness (QED) is 0.877. The number of benzene rings is 1. The molecular formula is C15H18BrNO3. The number of rotatable bonds is 3. The Kier molecular flexibility index (Phi) is 4.81. The van der Waals surface area contributed by atoms with Crippen LogP contribution in [-0.2, 0) is 4.79 Å². The predicted octanol–water partition coefficient (Wildman–Crippen LogP) is 3.91. The van der Waals surface area contributed by atoms with E-state index in [0.717, 1.165) is 25.7 Å². The third-order valence-corrected chi connectivity index (χ3v) is 4.35. The van der Waals surface area contributed by atoms with E-state index in [2.05, 4.69) is 28.2 Å². The summed E-state index contributed by atoms with van der Waals surface area (Å²) in [5.41, 5.74) is 0.473. The standard InChI is InChI=1S/C15H18BrNO3/c1-9-2-4-10(5-3-9)14(18)17-13-7-6-11(16)8-12(13)15(19)20/h6-10H,2-5H2,1H3,(H,17,18)(H,19,20). The average Bonchev–Trinajstić information content (AvgIpc) is 2.41. The lowest BCUT2D eigenvalue weighted by Crippen LogP contribution is -2.27. The van der Waals surface area contributed by atoms with Gasteiger partial charge >= 0.3 is 5.97 Å². The normalized spacial score (nSPS) is 22.3. The summed E-state index contributed by atoms with van der Waals surface area (Å²) in [6.07, 6.45) is 3.88. The summed E-state index contributed by atoms with van der Waals surface area (Å²) in [5.74, 6) is -0.432. The van der Waals surface area contributed by atoms with E-state index < -0.39 is 5.97 Å². The van der Waals surface area contributed by atoms with Crippen LogP contribution in [0, 0.1) is 11.8 Å². The second-order valence-corrected chi connectivity index (χ2v) is 6.36. The maximum absolute atomic E-state index is 12.2. The van der Waals surface area contributed by atoms with Crippen LogP contribution in [-0.4, -0.2) is 17.0 Å². The second kappa shape index (κ2) is 6.39. The van der Waals surface area contributed by atoms with Crippen molar-refractivity contribution in [1.29, 1.82) is 0 Å². The number of nitrogens with one attached hydrogen (secondary N) is 1. The molecule has 1 aromatic rings. The van der Waals surface area contributed by atoms with Gasteiger partial charge in [-0.15, -0.1) is 0 Å². The fourth-order valence-corrected chi connectivity index (χ4v) is 2.92. The van der Waals surface area contributed by atoms with Gasteiger partial charge in [0.2, 0.25) is 5.91 Å². The van der Waals surface area contributed by atoms with E-state index in [4.69, 9.17) is 0 Å². The van der Waals surface area contributed by atoms with E-state index in [-0.39, 0.29) is 17.4 Å². The first-order chi connectivity index (χ1) is 9.47. The van der Waals surface area contributed by atoms with Gasteiger partial charge in [-0.05, 0) is 49.8 Å². The fraction of sp³-hybridized carbons (Fsp3) is 0.467. The summed E-state index contributed by atoms with van der Waals surface area (Å²) in [5, 5.41) is 11.9. The van der Waals surface area contributed by atoms with Crippen LogP contribution in [0.15, 0.2) is 22.7 Å². The zero-order chi connectivity index (χ0) is 14.7. The van der Waals surface area contributed by atoms with Gasteiger partial charge in [0, 0.05) is 10.4 Å². The van der Waals surface area contributed by atoms with E-state index in [0.29, 0.717) is 16.1 Å². The lowest BCUT2D eigenvalue weighted by atomic mass is 9.82. The maximum Gasteiger partial charge on any atom is 0.337 e. The number of carboxylic acids is 1. The van der Waals surface area contributed by atoms with E-state index in [1.807, 2.05) is 0 Å². The summed E-state index contributed by atoms with van der Waals surface area (Å²) >= 11 is 3.24. The molecule has 0 aliphatic heterocycles. The summed E-state index contributed by atoms with van der Waals surface area (Å²) in [7, 11) is 0. The zero-order valence-corrected chi connectivity index (χ0v) is 12.9. The molecule has 1 aliphatic carbocycles. The summed E-state index contributed by atoms with van der Waals surface area (Å²) < 4.78 is 0.680. The molecule has 5 heteroatoms. The average molecular weight is 340 g/mol. The van der Waals surface area contributed by atoms with E-state index in [1.165, 1.54) is 6.07 Å². The van der Waals surface area contributed by atoms with E-state index in [1.54, 1.807) is 12.1 Å². The van der Waals surface area contributed by atoms with Crippen molar-refractivity contribution in [3.8, 4) is 0 Å². The van der Waals surface area contributed by atoms with Crippen molar-refractivity contribution in [1.82, 2.24) is 0 Å². The SMILES string of the molecule is CC1CCC(C(=O)Nc2ccc(Br)cc2C(=O)O)CC1. The Morgan fingerprint density at radius 2 is 1.90 bits per heavy atom. The van der Waals surface area contributed by atoms with Gasteiger partial charge in [-0.25, -0.2) is 4.79 Å². The number of hydrogen-bond donors (Lipinski definition) is 2. The smallest absolute Gasteiger partial charge is 0.337 e. The molecule has 0 bridgehead atoms. The van der Waals surface area contributed by atoms with E-state index in [9.17, 15) is 14.7 Å². The van der Waals surface area contributed by atoms with Crippen molar-refractivity contribution in [2.45, 2.75) is 32.6 Å². The van der Waals surface area contributed by atoms with Crippen LogP contribution in [0.4, 0.5) is 5.69 Å². The number of anilines is 1. The minimum absolute atomic E-state index is 0.00325. The highest BCUT2D eigenvalue weighted by Crippen LogP contribution is 2.30. The first kappa shape index (κ1) is 15.0. The molecule has 0 unspecified atom stereocenters. The molecule has 0 heterocycles. The molecule has 0 aromatic heterocycles. The van der Waals surface area contributed by atoms with Gasteiger partial charge in [-0.2, -0.15) is 0 Å². The van der Waals surface area contributed by atoms with Crippen LogP contribution in [0.3, 0.4) is 0 Å². The van der Waals surface area contributed by atoms with Crippen molar-refractivity contribution < 1.29 is 14.7 Å². The van der Waals surface area contributed by atoms with Crippen LogP contribution in [0.1, 0.15) is 43.0 Å². The van der Waals surface area contributed by atoms with Gasteiger partial charge < -0.3 is 10.4 Å². The van der Waals surface area contributed by atoms with Crippen molar-refractivity contribution in [3.05, 3.63) is 28.2 Å². The molecule has 20 heavy (non-hydrogen) atoms. The van der Waals surface area contributed by atoms with Gasteiger partial charge in [0.25, 0.3) is 0 Å². The summed E-state index contributed by atoms with van der Waals surface area (Å²) in [4.78, 5) is 23.4. The number of halogens is 1. The van der Waals surface area contributed by atoms with Crippen LogP contribution in [0.2, 0.25) is 0 Å². The number of amides is 1. The lowest BCUT2D eigenvalue weighted by molar-refractivity contribution is -0.121. The highest BCUT2D eigenvalue weighted by Gasteiger charge is 2.25. The number of hydrogen-bond acceptors (Lipinski definition) is 2. The Hall–Kier alpha value is -1.36. The Labute approximate surface area is 126 Å². The molecule has 2 N–H and O–H groups in total. The van der Waals surface area contributed by atoms with Gasteiger partial charge in [-0.3, -0.25) is 4.79 Å². The summed E-state index contributed by atoms with van der Waals surface area (Å²) in [6.45, 7) is 2.20. The van der Waals surface area contributed by atoms with Crippen LogP contribution in [0.5, 0.6) is 0 Å². The number of carboxylic acid groups (broad SMARTS) is 1. The van der Waals surface area contributed by atoms with Crippen molar-refractivity contribution in [3.63, 3.8) is 0 Å². The van der Waals surface area contributed by atoms with Crippen molar-refractivity contribution in [2.24, 2.45) is 11.8 Å². The number of carbonyl (C=O) groups is 2. The maximum atomic E-state index is 12.2. The Morgan fingerprint density at radius 1 is 1.25 bits per heavy atom. The monoisotopic (exact) mass is 339 g/mol. The molecule has 4 nitrogen and oxygen atoms in total. The van der Waals surface area contributed by atoms with Crippen molar-refractivity contribution >= 4 is 33.5 Å². The van der Waals surface area contributed by atoms with Gasteiger partial charge in [0.05, 0.1) is 11.3 Å². The molecular weight excluding hydrogens is 322 g/mol. The summed E-state index contributed by atoms with van der Waals surface area (Å²) in [6, 6.07) is 4.85. The third kappa shape index (κ3) is 3.60. The molecule has 2 rings (SSSR count). The Balaban J connectivity index is 2.10. The van der Waals surface area contributed by atoms with Crippen LogP contribution in [0.25, 0.3) is 0 Å². The Morgan fingerprint density at radius 3 is 2.50 bits per heavy atom. The highest BCUT2D eigenvalue weighted by atomic mass is 79.9. The van der Waals surface area contributed by atoms with Gasteiger partial charge in [0.15, 0.2) is 0 Å². The van der Waals surface area contributed by atoms with Crippen LogP contribution >= 0.6 is 15.9 Å². The molecule has 1 amide bonds. The molecule has 0 saturated heterocycles. The first-order valence-electron chi connectivity index (χ1n) is 6.81. The molecule has 1 fully saturated rings. The second-order valence-electron chi connectivity index (χ2n) is 5.44. The van der Waals surface area contributed by atoms with Gasteiger partial charge in [-0.1, -0.05) is 22.9 Å². The largest absolute Gasteiger partial charge is 0.478 e. The molecule has 1 aromatic carbocycles. The predicted molar refractivity (Wildman–Crippen MR) is 80.9 cm³/mol. The molecule has 1 aliphatic rings. The van der Waals surface area contributed by atoms with Crippen LogP contribution < -0.4 is 5.32 Å². The number of aromatic carboxylic acids is 1. The lowest BCUT2D eigenvalue weighted by Gasteiger charge is -2.25. The number of carbonyl (C=O) groups excluding carboxylic acids is 1. The Bertz CT molecular complexity index is 522. The zero-order valence-electron chi connectivity index (χ0n) is 11.4. The topological polar surface area (TPSA) is 66.4 Å². The molecule has 0 atom stereocenters. The highest BCUT2D eigenvalue weighted by molar-refractivity contribution is 9.10.